The number of carboxylic acids is 1. The van der Waals surface area contributed by atoms with E-state index in [9.17, 15) is 14.7 Å². The highest BCUT2D eigenvalue weighted by Gasteiger charge is 2.40. The fraction of sp³-hybridized carbons (Fsp3) is 0.333. The van der Waals surface area contributed by atoms with Gasteiger partial charge in [-0.3, -0.25) is 9.59 Å². The van der Waals surface area contributed by atoms with Crippen LogP contribution in [0.15, 0.2) is 48.5 Å². The summed E-state index contributed by atoms with van der Waals surface area (Å²) in [5.41, 5.74) is 2.50. The monoisotopic (exact) mass is 369 g/mol. The van der Waals surface area contributed by atoms with Gasteiger partial charge in [0.2, 0.25) is 5.91 Å². The van der Waals surface area contributed by atoms with Gasteiger partial charge in [-0.1, -0.05) is 36.4 Å². The molecule has 6 nitrogen and oxygen atoms in total. The molecule has 0 bridgehead atoms. The highest BCUT2D eigenvalue weighted by atomic mass is 16.5. The zero-order valence-corrected chi connectivity index (χ0v) is 15.2. The average Bonchev–Trinajstić information content (AvgIpc) is 3.14. The number of methoxy groups -OCH3 is 1. The number of carbonyl (C=O) groups is 2. The number of rotatable bonds is 6. The number of ether oxygens (including phenoxy) is 1. The molecule has 3 rings (SSSR count). The molecule has 0 radical (unpaired) electrons. The average molecular weight is 369 g/mol. The van der Waals surface area contributed by atoms with Crippen molar-refractivity contribution in [2.24, 2.45) is 5.92 Å². The van der Waals surface area contributed by atoms with Crippen LogP contribution in [0.5, 0.6) is 5.75 Å². The summed E-state index contributed by atoms with van der Waals surface area (Å²) in [6, 6.07) is 14.6. The second kappa shape index (κ2) is 8.22. The minimum atomic E-state index is -0.898. The molecule has 0 saturated carbocycles. The van der Waals surface area contributed by atoms with Crippen molar-refractivity contribution in [1.82, 2.24) is 4.90 Å². The number of hydrogen-bond donors (Lipinski definition) is 2. The van der Waals surface area contributed by atoms with Gasteiger partial charge in [0.25, 0.3) is 0 Å². The van der Waals surface area contributed by atoms with Gasteiger partial charge in [-0.2, -0.15) is 0 Å². The maximum atomic E-state index is 12.7. The molecule has 142 valence electrons. The zero-order valence-electron chi connectivity index (χ0n) is 15.2. The largest absolute Gasteiger partial charge is 0.497 e. The van der Waals surface area contributed by atoms with Gasteiger partial charge in [0.05, 0.1) is 26.1 Å². The minimum Gasteiger partial charge on any atom is -0.497 e. The number of amides is 1. The SMILES string of the molecule is COc1cccc([C@@H]2CN(C(=O)Cc3ccc(CO)cc3)C[C@H]2C(=O)O)c1. The quantitative estimate of drug-likeness (QED) is 0.814. The molecule has 1 aliphatic heterocycles. The number of aliphatic hydroxyl groups excluding tert-OH is 1. The summed E-state index contributed by atoms with van der Waals surface area (Å²) in [5.74, 6) is -1.23. The summed E-state index contributed by atoms with van der Waals surface area (Å²) in [7, 11) is 1.57. The van der Waals surface area contributed by atoms with Crippen LogP contribution in [0.1, 0.15) is 22.6 Å². The Bertz CT molecular complexity index is 818. The van der Waals surface area contributed by atoms with Crippen LogP contribution in [0.2, 0.25) is 0 Å². The number of hydrogen-bond acceptors (Lipinski definition) is 4. The second-order valence-electron chi connectivity index (χ2n) is 6.78. The molecule has 2 aromatic carbocycles. The number of nitrogens with zero attached hydrogens (tertiary/aromatic N) is 1. The van der Waals surface area contributed by atoms with Crippen molar-refractivity contribution < 1.29 is 24.5 Å². The predicted molar refractivity (Wildman–Crippen MR) is 99.5 cm³/mol. The standard InChI is InChI=1S/C21H23NO5/c1-27-17-4-2-3-16(10-17)18-11-22(12-19(18)21(25)26)20(24)9-14-5-7-15(13-23)8-6-14/h2-8,10,18-19,23H,9,11-13H2,1H3,(H,25,26)/t18-,19+/m0/s1. The van der Waals surface area contributed by atoms with Crippen molar-refractivity contribution >= 4 is 11.9 Å². The summed E-state index contributed by atoms with van der Waals surface area (Å²) in [4.78, 5) is 26.1. The summed E-state index contributed by atoms with van der Waals surface area (Å²) in [5, 5.41) is 18.7. The maximum absolute atomic E-state index is 12.7. The van der Waals surface area contributed by atoms with E-state index in [0.717, 1.165) is 16.7 Å². The Balaban J connectivity index is 1.74. The lowest BCUT2D eigenvalue weighted by Crippen LogP contribution is -2.31. The topological polar surface area (TPSA) is 87.1 Å². The molecule has 0 unspecified atom stereocenters. The molecule has 6 heteroatoms. The number of likely N-dealkylation sites (tertiary alicyclic amines) is 1. The van der Waals surface area contributed by atoms with E-state index in [1.807, 2.05) is 36.4 Å². The first-order chi connectivity index (χ1) is 13.0. The molecule has 2 N–H and O–H groups in total. The molecule has 1 heterocycles. The normalized spacial score (nSPS) is 19.1. The van der Waals surface area contributed by atoms with Gasteiger partial charge < -0.3 is 19.8 Å². The molecular formula is C21H23NO5. The molecule has 0 spiro atoms. The molecule has 1 aliphatic rings. The Hall–Kier alpha value is -2.86. The van der Waals surface area contributed by atoms with Crippen molar-refractivity contribution in [3.05, 3.63) is 65.2 Å². The fourth-order valence-electron chi connectivity index (χ4n) is 3.52. The van der Waals surface area contributed by atoms with E-state index in [1.165, 1.54) is 0 Å². The van der Waals surface area contributed by atoms with Gasteiger partial charge in [-0.15, -0.1) is 0 Å². The van der Waals surface area contributed by atoms with Gasteiger partial charge >= 0.3 is 5.97 Å². The molecule has 2 aromatic rings. The molecule has 0 aliphatic carbocycles. The zero-order chi connectivity index (χ0) is 19.4. The number of carboxylic acid groups (broad SMARTS) is 1. The third-order valence-corrected chi connectivity index (χ3v) is 5.07. The Morgan fingerprint density at radius 1 is 1.11 bits per heavy atom. The first-order valence-electron chi connectivity index (χ1n) is 8.85. The Morgan fingerprint density at radius 3 is 2.44 bits per heavy atom. The Labute approximate surface area is 158 Å². The highest BCUT2D eigenvalue weighted by molar-refractivity contribution is 5.81. The molecule has 1 fully saturated rings. The molecule has 2 atom stereocenters. The van der Waals surface area contributed by atoms with Crippen LogP contribution in [0.4, 0.5) is 0 Å². The fourth-order valence-corrected chi connectivity index (χ4v) is 3.52. The van der Waals surface area contributed by atoms with Crippen LogP contribution in [-0.4, -0.2) is 47.2 Å². The smallest absolute Gasteiger partial charge is 0.308 e. The third kappa shape index (κ3) is 4.28. The van der Waals surface area contributed by atoms with Crippen LogP contribution >= 0.6 is 0 Å². The maximum Gasteiger partial charge on any atom is 0.308 e. The van der Waals surface area contributed by atoms with Crippen molar-refractivity contribution in [2.75, 3.05) is 20.2 Å². The molecule has 1 amide bonds. The van der Waals surface area contributed by atoms with E-state index in [2.05, 4.69) is 0 Å². The Kier molecular flexibility index (Phi) is 5.76. The van der Waals surface area contributed by atoms with E-state index >= 15 is 0 Å². The molecule has 1 saturated heterocycles. The molecular weight excluding hydrogens is 346 g/mol. The predicted octanol–water partition coefficient (Wildman–Crippen LogP) is 2.06. The van der Waals surface area contributed by atoms with Crippen LogP contribution in [-0.2, 0) is 22.6 Å². The number of aliphatic carboxylic acids is 1. The van der Waals surface area contributed by atoms with Crippen LogP contribution < -0.4 is 4.74 Å². The van der Waals surface area contributed by atoms with Gasteiger partial charge in [0, 0.05) is 19.0 Å². The van der Waals surface area contributed by atoms with Crippen molar-refractivity contribution in [3.8, 4) is 5.75 Å². The lowest BCUT2D eigenvalue weighted by Gasteiger charge is -2.17. The first-order valence-corrected chi connectivity index (χ1v) is 8.85. The van der Waals surface area contributed by atoms with Crippen LogP contribution in [0.25, 0.3) is 0 Å². The lowest BCUT2D eigenvalue weighted by atomic mass is 9.89. The molecule has 27 heavy (non-hydrogen) atoms. The van der Waals surface area contributed by atoms with Gasteiger partial charge in [-0.25, -0.2) is 0 Å². The van der Waals surface area contributed by atoms with E-state index < -0.39 is 11.9 Å². The summed E-state index contributed by atoms with van der Waals surface area (Å²) >= 11 is 0. The first kappa shape index (κ1) is 18.9. The molecule has 0 aromatic heterocycles. The second-order valence-corrected chi connectivity index (χ2v) is 6.78. The third-order valence-electron chi connectivity index (χ3n) is 5.07. The number of benzene rings is 2. The van der Waals surface area contributed by atoms with Crippen LogP contribution in [0, 0.1) is 5.92 Å². The van der Waals surface area contributed by atoms with Crippen molar-refractivity contribution in [2.45, 2.75) is 18.9 Å². The van der Waals surface area contributed by atoms with Crippen molar-refractivity contribution in [3.63, 3.8) is 0 Å². The van der Waals surface area contributed by atoms with Crippen LogP contribution in [0.3, 0.4) is 0 Å². The summed E-state index contributed by atoms with van der Waals surface area (Å²) < 4.78 is 5.24. The summed E-state index contributed by atoms with van der Waals surface area (Å²) in [6.45, 7) is 0.533. The van der Waals surface area contributed by atoms with Gasteiger partial charge in [0.1, 0.15) is 5.75 Å². The number of carbonyl (C=O) groups excluding carboxylic acids is 1. The van der Waals surface area contributed by atoms with E-state index in [-0.39, 0.29) is 31.4 Å². The minimum absolute atomic E-state index is 0.0388. The van der Waals surface area contributed by atoms with Gasteiger partial charge in [-0.05, 0) is 28.8 Å². The van der Waals surface area contributed by atoms with Gasteiger partial charge in [0.15, 0.2) is 0 Å². The van der Waals surface area contributed by atoms with E-state index in [1.54, 1.807) is 24.1 Å². The van der Waals surface area contributed by atoms with Crippen molar-refractivity contribution in [1.29, 1.82) is 0 Å². The summed E-state index contributed by atoms with van der Waals surface area (Å²) in [6.07, 6.45) is 0.211. The highest BCUT2D eigenvalue weighted by Crippen LogP contribution is 2.34. The number of aliphatic hydroxyl groups is 1. The van der Waals surface area contributed by atoms with E-state index in [0.29, 0.717) is 12.3 Å². The lowest BCUT2D eigenvalue weighted by molar-refractivity contribution is -0.141. The Morgan fingerprint density at radius 2 is 1.81 bits per heavy atom. The van der Waals surface area contributed by atoms with E-state index in [4.69, 9.17) is 9.84 Å².